The van der Waals surface area contributed by atoms with E-state index >= 15 is 0 Å². The van der Waals surface area contributed by atoms with E-state index in [1.54, 1.807) is 36.4 Å². The van der Waals surface area contributed by atoms with E-state index < -0.39 is 23.0 Å². The number of fused-ring (bicyclic) bond motifs is 1. The molecule has 0 spiro atoms. The fourth-order valence-corrected chi connectivity index (χ4v) is 3.42. The second-order valence-corrected chi connectivity index (χ2v) is 7.39. The first-order valence-electron chi connectivity index (χ1n) is 9.23. The van der Waals surface area contributed by atoms with E-state index in [0.29, 0.717) is 21.7 Å². The van der Waals surface area contributed by atoms with Gasteiger partial charge in [-0.25, -0.2) is 9.78 Å². The van der Waals surface area contributed by atoms with Crippen LogP contribution in [0.25, 0.3) is 11.0 Å². The van der Waals surface area contributed by atoms with Gasteiger partial charge in [-0.1, -0.05) is 35.9 Å². The summed E-state index contributed by atoms with van der Waals surface area (Å²) in [5, 5.41) is 0.524. The van der Waals surface area contributed by atoms with E-state index in [2.05, 4.69) is 4.98 Å². The van der Waals surface area contributed by atoms with Gasteiger partial charge in [0.05, 0.1) is 24.2 Å². The third-order valence-corrected chi connectivity index (χ3v) is 5.11. The van der Waals surface area contributed by atoms with Gasteiger partial charge in [0.1, 0.15) is 0 Å². The Morgan fingerprint density at radius 1 is 0.839 bits per heavy atom. The lowest BCUT2D eigenvalue weighted by Crippen LogP contribution is -2.40. The molecule has 0 unspecified atom stereocenters. The summed E-state index contributed by atoms with van der Waals surface area (Å²) < 4.78 is 40.9. The molecule has 0 N–H and O–H groups in total. The topological polar surface area (TPSA) is 56.9 Å². The van der Waals surface area contributed by atoms with Gasteiger partial charge in [0.15, 0.2) is 5.52 Å². The van der Waals surface area contributed by atoms with E-state index in [1.165, 1.54) is 22.9 Å². The second kappa shape index (κ2) is 8.03. The molecule has 2 heterocycles. The van der Waals surface area contributed by atoms with Crippen molar-refractivity contribution in [1.29, 1.82) is 0 Å². The minimum absolute atomic E-state index is 0.00830. The molecular formula is C22H15ClF3N3O2. The maximum absolute atomic E-state index is 13.2. The Hall–Kier alpha value is -3.39. The third kappa shape index (κ3) is 4.25. The van der Waals surface area contributed by atoms with Gasteiger partial charge in [0.25, 0.3) is 5.56 Å². The summed E-state index contributed by atoms with van der Waals surface area (Å²) in [6.45, 7) is -0.00553. The minimum Gasteiger partial charge on any atom is -0.287 e. The van der Waals surface area contributed by atoms with Crippen molar-refractivity contribution in [3.63, 3.8) is 0 Å². The summed E-state index contributed by atoms with van der Waals surface area (Å²) in [7, 11) is 0. The largest absolute Gasteiger partial charge is 0.416 e. The van der Waals surface area contributed by atoms with Crippen LogP contribution >= 0.6 is 11.6 Å². The van der Waals surface area contributed by atoms with Crippen LogP contribution in [0, 0.1) is 0 Å². The molecule has 158 valence electrons. The maximum Gasteiger partial charge on any atom is 0.416 e. The van der Waals surface area contributed by atoms with Crippen molar-refractivity contribution in [2.45, 2.75) is 19.3 Å². The fourth-order valence-electron chi connectivity index (χ4n) is 3.29. The molecule has 0 aliphatic rings. The molecule has 2 aromatic heterocycles. The number of nitrogens with zero attached hydrogens (tertiary/aromatic N) is 3. The van der Waals surface area contributed by atoms with Gasteiger partial charge < -0.3 is 0 Å². The quantitative estimate of drug-likeness (QED) is 0.470. The van der Waals surface area contributed by atoms with Crippen LogP contribution in [0.5, 0.6) is 0 Å². The van der Waals surface area contributed by atoms with Crippen LogP contribution in [0.15, 0.2) is 76.4 Å². The molecular weight excluding hydrogens is 431 g/mol. The number of pyridine rings is 1. The average Bonchev–Trinajstić information content (AvgIpc) is 2.75. The lowest BCUT2D eigenvalue weighted by Gasteiger charge is -2.14. The molecule has 4 aromatic rings. The van der Waals surface area contributed by atoms with Crippen molar-refractivity contribution in [1.82, 2.24) is 14.1 Å². The normalized spacial score (nSPS) is 11.7. The highest BCUT2D eigenvalue weighted by atomic mass is 35.5. The van der Waals surface area contributed by atoms with E-state index in [-0.39, 0.29) is 18.6 Å². The van der Waals surface area contributed by atoms with Gasteiger partial charge >= 0.3 is 11.9 Å². The van der Waals surface area contributed by atoms with Gasteiger partial charge in [-0.15, -0.1) is 0 Å². The number of halogens is 4. The van der Waals surface area contributed by atoms with Crippen molar-refractivity contribution in [2.24, 2.45) is 0 Å². The Balaban J connectivity index is 1.81. The van der Waals surface area contributed by atoms with E-state index in [9.17, 15) is 22.8 Å². The molecule has 0 amide bonds. The van der Waals surface area contributed by atoms with Crippen LogP contribution in [-0.2, 0) is 19.3 Å². The summed E-state index contributed by atoms with van der Waals surface area (Å²) >= 11 is 5.90. The molecule has 31 heavy (non-hydrogen) atoms. The summed E-state index contributed by atoms with van der Waals surface area (Å²) in [4.78, 5) is 30.2. The number of hydrogen-bond acceptors (Lipinski definition) is 3. The van der Waals surface area contributed by atoms with Crippen molar-refractivity contribution in [2.75, 3.05) is 0 Å². The van der Waals surface area contributed by atoms with Crippen LogP contribution < -0.4 is 11.2 Å². The van der Waals surface area contributed by atoms with Crippen molar-refractivity contribution >= 4 is 22.6 Å². The average molecular weight is 446 g/mol. The predicted octanol–water partition coefficient (Wildman–Crippen LogP) is 4.33. The van der Waals surface area contributed by atoms with Crippen molar-refractivity contribution < 1.29 is 13.2 Å². The van der Waals surface area contributed by atoms with Gasteiger partial charge in [-0.05, 0) is 47.5 Å². The maximum atomic E-state index is 13.2. The first-order chi connectivity index (χ1) is 14.7. The number of benzene rings is 2. The summed E-state index contributed by atoms with van der Waals surface area (Å²) in [6.07, 6.45) is -3.00. The zero-order valence-corrected chi connectivity index (χ0v) is 16.7. The number of rotatable bonds is 4. The first kappa shape index (κ1) is 20.9. The Morgan fingerprint density at radius 3 is 2.03 bits per heavy atom. The molecule has 2 aromatic carbocycles. The number of aromatic nitrogens is 3. The predicted molar refractivity (Wildman–Crippen MR) is 111 cm³/mol. The van der Waals surface area contributed by atoms with Gasteiger partial charge in [0, 0.05) is 11.2 Å². The minimum atomic E-state index is -4.45. The van der Waals surface area contributed by atoms with Crippen molar-refractivity contribution in [3.05, 3.63) is 109 Å². The molecule has 0 aliphatic carbocycles. The smallest absolute Gasteiger partial charge is 0.287 e. The molecule has 0 saturated carbocycles. The lowest BCUT2D eigenvalue weighted by molar-refractivity contribution is -0.137. The second-order valence-electron chi connectivity index (χ2n) is 6.95. The summed E-state index contributed by atoms with van der Waals surface area (Å²) in [5.74, 6) is 0. The van der Waals surface area contributed by atoms with Gasteiger partial charge in [-0.2, -0.15) is 13.2 Å². The summed E-state index contributed by atoms with van der Waals surface area (Å²) in [6, 6.07) is 14.4. The molecule has 0 radical (unpaired) electrons. The van der Waals surface area contributed by atoms with Crippen LogP contribution in [-0.4, -0.2) is 14.1 Å². The molecule has 0 saturated heterocycles. The van der Waals surface area contributed by atoms with Crippen LogP contribution in [0.1, 0.15) is 16.7 Å². The lowest BCUT2D eigenvalue weighted by atomic mass is 10.1. The van der Waals surface area contributed by atoms with Crippen LogP contribution in [0.4, 0.5) is 13.2 Å². The standard InChI is InChI=1S/C22H15ClF3N3O2/c23-17-9-5-15(6-10-17)13-29-20(30)19-18(2-1-11-27-19)28(21(29)31)12-14-3-7-16(8-4-14)22(24,25)26/h1-11H,12-13H2. The Morgan fingerprint density at radius 2 is 1.42 bits per heavy atom. The highest BCUT2D eigenvalue weighted by Crippen LogP contribution is 2.29. The number of alkyl halides is 3. The molecule has 4 rings (SSSR count). The Kier molecular flexibility index (Phi) is 5.41. The van der Waals surface area contributed by atoms with Gasteiger partial charge in [0.2, 0.25) is 0 Å². The van der Waals surface area contributed by atoms with Crippen LogP contribution in [0.2, 0.25) is 5.02 Å². The van der Waals surface area contributed by atoms with E-state index in [1.807, 2.05) is 0 Å². The third-order valence-electron chi connectivity index (χ3n) is 4.86. The Bertz CT molecular complexity index is 1360. The highest BCUT2D eigenvalue weighted by molar-refractivity contribution is 6.30. The molecule has 0 aliphatic heterocycles. The van der Waals surface area contributed by atoms with Gasteiger partial charge in [-0.3, -0.25) is 13.9 Å². The molecule has 0 fully saturated rings. The molecule has 9 heteroatoms. The van der Waals surface area contributed by atoms with Crippen LogP contribution in [0.3, 0.4) is 0 Å². The first-order valence-corrected chi connectivity index (χ1v) is 9.61. The molecule has 0 bridgehead atoms. The Labute approximate surface area is 179 Å². The highest BCUT2D eigenvalue weighted by Gasteiger charge is 2.30. The summed E-state index contributed by atoms with van der Waals surface area (Å²) in [5.41, 5.74) is -0.313. The van der Waals surface area contributed by atoms with E-state index in [0.717, 1.165) is 16.7 Å². The molecule has 5 nitrogen and oxygen atoms in total. The molecule has 0 atom stereocenters. The zero-order chi connectivity index (χ0) is 22.2. The zero-order valence-electron chi connectivity index (χ0n) is 15.9. The number of hydrogen-bond donors (Lipinski definition) is 0. The van der Waals surface area contributed by atoms with E-state index in [4.69, 9.17) is 11.6 Å². The monoisotopic (exact) mass is 445 g/mol. The SMILES string of the molecule is O=c1c2ncccc2n(Cc2ccc(C(F)(F)F)cc2)c(=O)n1Cc1ccc(Cl)cc1. The van der Waals surface area contributed by atoms with Crippen molar-refractivity contribution in [3.8, 4) is 0 Å². The fraction of sp³-hybridized carbons (Fsp3) is 0.136.